The van der Waals surface area contributed by atoms with Crippen molar-refractivity contribution in [3.05, 3.63) is 65.9 Å². The molecule has 6 atom stereocenters. The summed E-state index contributed by atoms with van der Waals surface area (Å²) in [6.45, 7) is 0.446. The number of aliphatic carboxylic acids is 2. The molecule has 2 aromatic carbocycles. The third-order valence-corrected chi connectivity index (χ3v) is 8.06. The molecule has 0 saturated heterocycles. The third-order valence-electron chi connectivity index (χ3n) is 8.06. The van der Waals surface area contributed by atoms with Crippen LogP contribution in [0.15, 0.2) is 54.7 Å². The van der Waals surface area contributed by atoms with Gasteiger partial charge in [0.2, 0.25) is 35.4 Å². The number of carbonyl (C=O) groups excluding carboxylic acids is 6. The Hall–Kier alpha value is -6.54. The first kappa shape index (κ1) is 41.9. The Morgan fingerprint density at radius 2 is 1.26 bits per heavy atom. The van der Waals surface area contributed by atoms with Crippen LogP contribution in [-0.4, -0.2) is 116 Å². The van der Waals surface area contributed by atoms with Crippen molar-refractivity contribution < 1.29 is 58.8 Å². The van der Waals surface area contributed by atoms with Crippen molar-refractivity contribution in [1.82, 2.24) is 31.6 Å². The van der Waals surface area contributed by atoms with E-state index >= 15 is 0 Å². The molecular weight excluding hydrogens is 712 g/mol. The second kappa shape index (κ2) is 19.3. The van der Waals surface area contributed by atoms with Gasteiger partial charge in [-0.2, -0.15) is 0 Å². The Kier molecular flexibility index (Phi) is 15.0. The Morgan fingerprint density at radius 3 is 1.87 bits per heavy atom. The number of carboxylic acids is 2. The number of nitrogens with one attached hydrogen (secondary N) is 6. The maximum atomic E-state index is 13.6. The van der Waals surface area contributed by atoms with Gasteiger partial charge in [-0.25, -0.2) is 4.79 Å². The predicted octanol–water partition coefficient (Wildman–Crippen LogP) is -3.14. The topological polar surface area (TPSA) is 345 Å². The number of carboxylic acid groups (broad SMARTS) is 2. The first-order valence-corrected chi connectivity index (χ1v) is 16.4. The van der Waals surface area contributed by atoms with Gasteiger partial charge in [0.1, 0.15) is 42.0 Å². The highest BCUT2D eigenvalue weighted by Crippen LogP contribution is 2.19. The van der Waals surface area contributed by atoms with E-state index in [1.54, 1.807) is 30.5 Å². The highest BCUT2D eigenvalue weighted by molar-refractivity contribution is 5.98. The van der Waals surface area contributed by atoms with E-state index in [2.05, 4.69) is 31.6 Å². The van der Waals surface area contributed by atoms with Crippen LogP contribution in [0.4, 0.5) is 0 Å². The van der Waals surface area contributed by atoms with E-state index in [0.29, 0.717) is 22.0 Å². The summed E-state index contributed by atoms with van der Waals surface area (Å²) in [6.07, 6.45) is -0.487. The molecule has 3 rings (SSSR count). The molecule has 0 aliphatic rings. The molecule has 0 aliphatic carbocycles. The van der Waals surface area contributed by atoms with Gasteiger partial charge in [-0.1, -0.05) is 30.3 Å². The SMILES string of the molecule is C[C@H](NC(=O)[C@H](Cc1ccc(O)cc1)NC(=O)[C@H](CC(=O)O)NC(=O)[C@@H](N)CO)C(=O)N[C@@H](Cc1c[nH]c2ccccc12)C(=O)N[C@@H](CC(N)=O)C(=O)O. The first-order valence-electron chi connectivity index (χ1n) is 16.4. The molecule has 6 amide bonds. The molecule has 20 heteroatoms. The highest BCUT2D eigenvalue weighted by Gasteiger charge is 2.33. The highest BCUT2D eigenvalue weighted by atomic mass is 16.4. The number of amides is 6. The van der Waals surface area contributed by atoms with Crippen LogP contribution in [-0.2, 0) is 51.2 Å². The number of aromatic nitrogens is 1. The molecule has 54 heavy (non-hydrogen) atoms. The fourth-order valence-electron chi connectivity index (χ4n) is 5.17. The summed E-state index contributed by atoms with van der Waals surface area (Å²) in [7, 11) is 0. The fraction of sp³-hybridized carbons (Fsp3) is 0.353. The Morgan fingerprint density at radius 1 is 0.704 bits per heavy atom. The summed E-state index contributed by atoms with van der Waals surface area (Å²) in [6, 6.07) is 3.23. The van der Waals surface area contributed by atoms with Crippen molar-refractivity contribution in [1.29, 1.82) is 0 Å². The van der Waals surface area contributed by atoms with Gasteiger partial charge < -0.3 is 63.5 Å². The molecule has 290 valence electrons. The number of carbonyl (C=O) groups is 8. The zero-order valence-electron chi connectivity index (χ0n) is 28.9. The number of primary amides is 1. The second-order valence-corrected chi connectivity index (χ2v) is 12.3. The van der Waals surface area contributed by atoms with Gasteiger partial charge in [-0.15, -0.1) is 0 Å². The number of phenolic OH excluding ortho intramolecular Hbond substituents is 1. The number of H-pyrrole nitrogens is 1. The molecule has 0 unspecified atom stereocenters. The van der Waals surface area contributed by atoms with E-state index in [1.807, 2.05) is 0 Å². The van der Waals surface area contributed by atoms with Crippen molar-refractivity contribution >= 4 is 58.3 Å². The Balaban J connectivity index is 1.85. The van der Waals surface area contributed by atoms with E-state index < -0.39 is 103 Å². The minimum Gasteiger partial charge on any atom is -0.508 e. The molecule has 0 radical (unpaired) electrons. The van der Waals surface area contributed by atoms with Crippen molar-refractivity contribution in [2.24, 2.45) is 11.5 Å². The molecule has 0 bridgehead atoms. The van der Waals surface area contributed by atoms with Crippen LogP contribution >= 0.6 is 0 Å². The minimum atomic E-state index is -1.74. The smallest absolute Gasteiger partial charge is 0.326 e. The quantitative estimate of drug-likeness (QED) is 0.0543. The second-order valence-electron chi connectivity index (χ2n) is 12.3. The predicted molar refractivity (Wildman–Crippen MR) is 188 cm³/mol. The van der Waals surface area contributed by atoms with Gasteiger partial charge in [0.05, 0.1) is 19.4 Å². The van der Waals surface area contributed by atoms with Crippen molar-refractivity contribution in [3.8, 4) is 5.75 Å². The molecule has 20 nitrogen and oxygen atoms in total. The van der Waals surface area contributed by atoms with Crippen LogP contribution in [0.3, 0.4) is 0 Å². The molecular formula is C34H42N8O12. The average Bonchev–Trinajstić information content (AvgIpc) is 3.52. The largest absolute Gasteiger partial charge is 0.508 e. The van der Waals surface area contributed by atoms with Crippen LogP contribution in [0.25, 0.3) is 10.9 Å². The molecule has 3 aromatic rings. The van der Waals surface area contributed by atoms with E-state index in [-0.39, 0.29) is 18.6 Å². The van der Waals surface area contributed by atoms with E-state index in [4.69, 9.17) is 11.5 Å². The minimum absolute atomic E-state index is 0.103. The van der Waals surface area contributed by atoms with Crippen LogP contribution in [0.1, 0.15) is 30.9 Å². The Labute approximate surface area is 307 Å². The van der Waals surface area contributed by atoms with E-state index in [9.17, 15) is 58.8 Å². The summed E-state index contributed by atoms with van der Waals surface area (Å²) >= 11 is 0. The number of hydrogen-bond acceptors (Lipinski definition) is 11. The number of phenols is 1. The summed E-state index contributed by atoms with van der Waals surface area (Å²) in [5.74, 6) is -9.18. The number of aromatic amines is 1. The third kappa shape index (κ3) is 12.3. The van der Waals surface area contributed by atoms with E-state index in [0.717, 1.165) is 0 Å². The summed E-state index contributed by atoms with van der Waals surface area (Å²) in [5.41, 5.74) is 12.3. The number of aliphatic hydroxyl groups excluding tert-OH is 1. The lowest BCUT2D eigenvalue weighted by Crippen LogP contribution is -2.59. The first-order chi connectivity index (χ1) is 25.5. The number of benzene rings is 2. The van der Waals surface area contributed by atoms with Crippen LogP contribution in [0.5, 0.6) is 5.75 Å². The summed E-state index contributed by atoms with van der Waals surface area (Å²) < 4.78 is 0. The number of aromatic hydroxyl groups is 1. The van der Waals surface area contributed by atoms with Crippen molar-refractivity contribution in [3.63, 3.8) is 0 Å². The zero-order valence-corrected chi connectivity index (χ0v) is 28.9. The van der Waals surface area contributed by atoms with Crippen molar-refractivity contribution in [2.45, 2.75) is 68.9 Å². The average molecular weight is 755 g/mol. The maximum absolute atomic E-state index is 13.6. The Bertz CT molecular complexity index is 1860. The van der Waals surface area contributed by atoms with Gasteiger partial charge in [0.25, 0.3) is 0 Å². The number of para-hydroxylation sites is 1. The number of fused-ring (bicyclic) bond motifs is 1. The number of rotatable bonds is 20. The lowest BCUT2D eigenvalue weighted by atomic mass is 10.0. The lowest BCUT2D eigenvalue weighted by molar-refractivity contribution is -0.143. The summed E-state index contributed by atoms with van der Waals surface area (Å²) in [4.78, 5) is 104. The molecule has 0 spiro atoms. The van der Waals surface area contributed by atoms with Crippen LogP contribution in [0, 0.1) is 0 Å². The molecule has 1 aromatic heterocycles. The van der Waals surface area contributed by atoms with Gasteiger partial charge in [0, 0.05) is 29.9 Å². The standard InChI is InChI=1S/C34H42N8O12/c1-16(29(48)39-24(32(51)42-26(34(53)54)12-27(36)45)11-18-14-37-22-5-3-2-4-20(18)22)38-31(50)23(10-17-6-8-19(44)9-7-17)41-33(52)25(13-28(46)47)40-30(49)21(35)15-43/h2-9,14,16,21,23-26,37,43-44H,10-13,15,35H2,1H3,(H2,36,45)(H,38,50)(H,39,48)(H,40,49)(H,41,52)(H,42,51)(H,46,47)(H,53,54)/t16-,21-,23-,24-,25-,26-/m0/s1. The summed E-state index contributed by atoms with van der Waals surface area (Å²) in [5, 5.41) is 50.0. The van der Waals surface area contributed by atoms with Crippen molar-refractivity contribution in [2.75, 3.05) is 6.61 Å². The molecule has 0 saturated carbocycles. The normalized spacial score (nSPS) is 14.3. The van der Waals surface area contributed by atoms with E-state index in [1.165, 1.54) is 31.2 Å². The number of nitrogens with two attached hydrogens (primary N) is 2. The molecule has 0 fully saturated rings. The van der Waals surface area contributed by atoms with Gasteiger partial charge in [-0.05, 0) is 36.2 Å². The molecule has 1 heterocycles. The van der Waals surface area contributed by atoms with Gasteiger partial charge in [0.15, 0.2) is 0 Å². The zero-order chi connectivity index (χ0) is 40.1. The monoisotopic (exact) mass is 754 g/mol. The lowest BCUT2D eigenvalue weighted by Gasteiger charge is -2.26. The number of aliphatic hydroxyl groups is 1. The molecule has 0 aliphatic heterocycles. The fourth-order valence-corrected chi connectivity index (χ4v) is 5.17. The van der Waals surface area contributed by atoms with Crippen LogP contribution in [0.2, 0.25) is 0 Å². The van der Waals surface area contributed by atoms with Gasteiger partial charge >= 0.3 is 11.9 Å². The maximum Gasteiger partial charge on any atom is 0.326 e. The van der Waals surface area contributed by atoms with Crippen LogP contribution < -0.4 is 38.1 Å². The molecule has 14 N–H and O–H groups in total. The van der Waals surface area contributed by atoms with Gasteiger partial charge in [-0.3, -0.25) is 33.6 Å². The number of hydrogen-bond donors (Lipinski definition) is 12.